The molecule has 0 saturated carbocycles. The number of aliphatic hydroxyl groups is 1. The fourth-order valence-corrected chi connectivity index (χ4v) is 4.37. The molecule has 3 N–H and O–H groups in total. The monoisotopic (exact) mass is 427 g/mol. The smallest absolute Gasteiger partial charge is 0.119 e. The summed E-state index contributed by atoms with van der Waals surface area (Å²) in [5.74, 6) is 1.51. The zero-order valence-electron chi connectivity index (χ0n) is 18.5. The van der Waals surface area contributed by atoms with E-state index in [1.807, 2.05) is 72.8 Å². The molecule has 0 aliphatic rings. The van der Waals surface area contributed by atoms with Crippen molar-refractivity contribution in [3.63, 3.8) is 0 Å². The third kappa shape index (κ3) is 4.62. The highest BCUT2D eigenvalue weighted by Gasteiger charge is 2.37. The van der Waals surface area contributed by atoms with Crippen LogP contribution in [0.5, 0.6) is 11.5 Å². The molecule has 1 unspecified atom stereocenters. The second-order valence-electron chi connectivity index (χ2n) is 8.21. The van der Waals surface area contributed by atoms with Crippen LogP contribution in [-0.4, -0.2) is 24.9 Å². The summed E-state index contributed by atoms with van der Waals surface area (Å²) in [6, 6.07) is 29.2. The number of hydrogen-bond acceptors (Lipinski definition) is 4. The number of methoxy groups -OCH3 is 2. The Bertz CT molecular complexity index is 1150. The molecule has 0 saturated heterocycles. The summed E-state index contributed by atoms with van der Waals surface area (Å²) in [4.78, 5) is 0. The first-order valence-electron chi connectivity index (χ1n) is 10.7. The van der Waals surface area contributed by atoms with Crippen molar-refractivity contribution in [2.24, 2.45) is 5.73 Å². The number of nitrogens with two attached hydrogens (primary N) is 1. The Labute approximate surface area is 189 Å². The van der Waals surface area contributed by atoms with Crippen LogP contribution < -0.4 is 15.2 Å². The second-order valence-corrected chi connectivity index (χ2v) is 8.21. The van der Waals surface area contributed by atoms with E-state index in [0.717, 1.165) is 39.0 Å². The van der Waals surface area contributed by atoms with E-state index < -0.39 is 11.6 Å². The van der Waals surface area contributed by atoms with Gasteiger partial charge in [-0.3, -0.25) is 0 Å². The fourth-order valence-electron chi connectivity index (χ4n) is 4.37. The summed E-state index contributed by atoms with van der Waals surface area (Å²) in [6.45, 7) is 0. The summed E-state index contributed by atoms with van der Waals surface area (Å²) < 4.78 is 10.8. The molecule has 0 aliphatic heterocycles. The van der Waals surface area contributed by atoms with Crippen LogP contribution in [-0.2, 0) is 12.8 Å². The Morgan fingerprint density at radius 1 is 0.750 bits per heavy atom. The number of rotatable bonds is 8. The fraction of sp³-hybridized carbons (Fsp3) is 0.214. The Balaban J connectivity index is 1.77. The average molecular weight is 428 g/mol. The minimum Gasteiger partial charge on any atom is -0.497 e. The topological polar surface area (TPSA) is 64.7 Å². The largest absolute Gasteiger partial charge is 0.497 e. The average Bonchev–Trinajstić information content (AvgIpc) is 2.83. The molecule has 0 radical (unpaired) electrons. The van der Waals surface area contributed by atoms with Gasteiger partial charge in [0.1, 0.15) is 11.5 Å². The minimum atomic E-state index is -1.23. The van der Waals surface area contributed by atoms with Crippen LogP contribution in [0.3, 0.4) is 0 Å². The van der Waals surface area contributed by atoms with Gasteiger partial charge in [0.2, 0.25) is 0 Å². The van der Waals surface area contributed by atoms with E-state index in [9.17, 15) is 5.11 Å². The predicted molar refractivity (Wildman–Crippen MR) is 129 cm³/mol. The maximum absolute atomic E-state index is 12.1. The zero-order valence-corrected chi connectivity index (χ0v) is 18.5. The van der Waals surface area contributed by atoms with Gasteiger partial charge in [-0.1, -0.05) is 66.7 Å². The van der Waals surface area contributed by atoms with Crippen molar-refractivity contribution in [2.45, 2.75) is 24.5 Å². The molecule has 1 atom stereocenters. The van der Waals surface area contributed by atoms with Gasteiger partial charge in [0.05, 0.1) is 25.9 Å². The number of ether oxygens (including phenoxy) is 2. The normalized spacial score (nSPS) is 12.5. The summed E-state index contributed by atoms with van der Waals surface area (Å²) in [7, 11) is 3.28. The predicted octanol–water partition coefficient (Wildman–Crippen LogP) is 5.07. The molecular formula is C28H29NO3. The van der Waals surface area contributed by atoms with Crippen LogP contribution in [0.25, 0.3) is 10.8 Å². The highest BCUT2D eigenvalue weighted by Crippen LogP contribution is 2.35. The Morgan fingerprint density at radius 2 is 1.28 bits per heavy atom. The standard InChI is InChI=1S/C28H29NO3/c1-31-23-12-5-8-20(16-23)18-28(30,19-21-9-6-13-24(17-21)32-2)27(29)26-15-7-11-22-10-3-4-14-25(22)26/h3-17,27,30H,18-19,29H2,1-2H3. The summed E-state index contributed by atoms with van der Waals surface area (Å²) in [6.07, 6.45) is 0.762. The van der Waals surface area contributed by atoms with Crippen molar-refractivity contribution in [1.82, 2.24) is 0 Å². The molecule has 4 aromatic rings. The molecule has 0 aromatic heterocycles. The van der Waals surface area contributed by atoms with Gasteiger partial charge >= 0.3 is 0 Å². The molecule has 4 nitrogen and oxygen atoms in total. The lowest BCUT2D eigenvalue weighted by Gasteiger charge is -2.35. The first-order chi connectivity index (χ1) is 15.5. The lowest BCUT2D eigenvalue weighted by molar-refractivity contribution is 0.0140. The zero-order chi connectivity index (χ0) is 22.6. The van der Waals surface area contributed by atoms with E-state index in [1.165, 1.54) is 0 Å². The molecule has 4 aromatic carbocycles. The Hall–Kier alpha value is -3.34. The van der Waals surface area contributed by atoms with Gasteiger partial charge in [0.15, 0.2) is 0 Å². The van der Waals surface area contributed by atoms with E-state index in [-0.39, 0.29) is 0 Å². The first kappa shape index (κ1) is 21.9. The first-order valence-corrected chi connectivity index (χ1v) is 10.7. The molecule has 0 aliphatic carbocycles. The highest BCUT2D eigenvalue weighted by atomic mass is 16.5. The van der Waals surface area contributed by atoms with Crippen LogP contribution in [0.15, 0.2) is 91.0 Å². The third-order valence-electron chi connectivity index (χ3n) is 6.03. The van der Waals surface area contributed by atoms with Crippen molar-refractivity contribution >= 4 is 10.8 Å². The number of hydrogen-bond donors (Lipinski definition) is 2. The van der Waals surface area contributed by atoms with E-state index in [4.69, 9.17) is 15.2 Å². The maximum atomic E-state index is 12.1. The van der Waals surface area contributed by atoms with Crippen LogP contribution in [0.2, 0.25) is 0 Å². The molecule has 0 heterocycles. The van der Waals surface area contributed by atoms with Gasteiger partial charge in [-0.2, -0.15) is 0 Å². The summed E-state index contributed by atoms with van der Waals surface area (Å²) in [5.41, 5.74) is 8.48. The molecule has 164 valence electrons. The van der Waals surface area contributed by atoms with Gasteiger partial charge < -0.3 is 20.3 Å². The number of benzene rings is 4. The summed E-state index contributed by atoms with van der Waals surface area (Å²) in [5, 5.41) is 14.3. The van der Waals surface area contributed by atoms with Gasteiger partial charge in [0.25, 0.3) is 0 Å². The molecule has 0 amide bonds. The Kier molecular flexibility index (Phi) is 6.45. The second kappa shape index (κ2) is 9.43. The van der Waals surface area contributed by atoms with Crippen molar-refractivity contribution in [2.75, 3.05) is 14.2 Å². The lowest BCUT2D eigenvalue weighted by atomic mass is 9.78. The van der Waals surface area contributed by atoms with Gasteiger partial charge in [-0.15, -0.1) is 0 Å². The van der Waals surface area contributed by atoms with Crippen LogP contribution in [0.1, 0.15) is 22.7 Å². The summed E-state index contributed by atoms with van der Waals surface area (Å²) >= 11 is 0. The molecule has 0 fully saturated rings. The lowest BCUT2D eigenvalue weighted by Crippen LogP contribution is -2.45. The van der Waals surface area contributed by atoms with Crippen molar-refractivity contribution in [3.05, 3.63) is 108 Å². The molecule has 0 spiro atoms. The van der Waals surface area contributed by atoms with Gasteiger partial charge in [-0.25, -0.2) is 0 Å². The van der Waals surface area contributed by atoms with Gasteiger partial charge in [0, 0.05) is 12.8 Å². The molecule has 32 heavy (non-hydrogen) atoms. The minimum absolute atomic E-state index is 0.381. The van der Waals surface area contributed by atoms with Gasteiger partial charge in [-0.05, 0) is 51.7 Å². The molecule has 4 rings (SSSR count). The third-order valence-corrected chi connectivity index (χ3v) is 6.03. The van der Waals surface area contributed by atoms with Crippen LogP contribution in [0.4, 0.5) is 0 Å². The molecule has 0 bridgehead atoms. The van der Waals surface area contributed by atoms with Crippen molar-refractivity contribution in [1.29, 1.82) is 0 Å². The number of fused-ring (bicyclic) bond motifs is 1. The van der Waals surface area contributed by atoms with Crippen molar-refractivity contribution in [3.8, 4) is 11.5 Å². The Morgan fingerprint density at radius 3 is 1.88 bits per heavy atom. The van der Waals surface area contributed by atoms with E-state index in [1.54, 1.807) is 14.2 Å². The van der Waals surface area contributed by atoms with Crippen molar-refractivity contribution < 1.29 is 14.6 Å². The van der Waals surface area contributed by atoms with E-state index in [2.05, 4.69) is 18.2 Å². The molecular weight excluding hydrogens is 398 g/mol. The van der Waals surface area contributed by atoms with Crippen LogP contribution in [0, 0.1) is 0 Å². The van der Waals surface area contributed by atoms with E-state index >= 15 is 0 Å². The van der Waals surface area contributed by atoms with Crippen LogP contribution >= 0.6 is 0 Å². The van der Waals surface area contributed by atoms with E-state index in [0.29, 0.717) is 12.8 Å². The molecule has 4 heteroatoms. The highest BCUT2D eigenvalue weighted by molar-refractivity contribution is 5.86. The maximum Gasteiger partial charge on any atom is 0.119 e. The quantitative estimate of drug-likeness (QED) is 0.412. The SMILES string of the molecule is COc1cccc(CC(O)(Cc2cccc(OC)c2)C(N)c2cccc3ccccc23)c1.